The number of aromatic nitrogens is 1. The summed E-state index contributed by atoms with van der Waals surface area (Å²) < 4.78 is 5.66. The van der Waals surface area contributed by atoms with Crippen molar-refractivity contribution in [3.63, 3.8) is 0 Å². The van der Waals surface area contributed by atoms with Crippen molar-refractivity contribution in [1.82, 2.24) is 9.88 Å². The molecule has 0 amide bonds. The first-order valence-electron chi connectivity index (χ1n) is 10.6. The van der Waals surface area contributed by atoms with Gasteiger partial charge in [0.15, 0.2) is 5.96 Å². The van der Waals surface area contributed by atoms with Crippen LogP contribution in [0.3, 0.4) is 0 Å². The minimum Gasteiger partial charge on any atom is -0.461 e. The van der Waals surface area contributed by atoms with Gasteiger partial charge in [-0.3, -0.25) is 15.2 Å². The molecular weight excluding hydrogens is 378 g/mol. The minimum atomic E-state index is -0.107. The number of nitrogens with two attached hydrogens (primary N) is 1. The normalized spacial score (nSPS) is 17.2. The summed E-state index contributed by atoms with van der Waals surface area (Å²) in [6, 6.07) is 10.3. The largest absolute Gasteiger partial charge is 0.461 e. The number of benzene rings is 1. The van der Waals surface area contributed by atoms with Crippen molar-refractivity contribution < 1.29 is 9.53 Å². The van der Waals surface area contributed by atoms with Gasteiger partial charge in [-0.1, -0.05) is 18.2 Å². The summed E-state index contributed by atoms with van der Waals surface area (Å²) in [4.78, 5) is 20.8. The molecule has 3 N–H and O–H groups in total. The number of piperidine rings is 1. The quantitative estimate of drug-likeness (QED) is 0.460. The Hall–Kier alpha value is -3.09. The van der Waals surface area contributed by atoms with Crippen LogP contribution in [0.25, 0.3) is 0 Å². The lowest BCUT2D eigenvalue weighted by atomic mass is 9.96. The predicted molar refractivity (Wildman–Crippen MR) is 116 cm³/mol. The molecule has 158 valence electrons. The molecule has 30 heavy (non-hydrogen) atoms. The Bertz CT molecular complexity index is 894. The lowest BCUT2D eigenvalue weighted by Crippen LogP contribution is -2.36. The molecule has 0 bridgehead atoms. The molecule has 0 radical (unpaired) electrons. The number of nitrogens with zero attached hydrogens (tertiary/aromatic N) is 3. The number of aryl methyl sites for hydroxylation is 1. The fourth-order valence-electron chi connectivity index (χ4n) is 4.31. The average molecular weight is 408 g/mol. The Morgan fingerprint density at radius 3 is 2.63 bits per heavy atom. The van der Waals surface area contributed by atoms with Crippen molar-refractivity contribution in [2.75, 3.05) is 24.5 Å². The zero-order valence-electron chi connectivity index (χ0n) is 17.2. The van der Waals surface area contributed by atoms with Crippen molar-refractivity contribution in [2.24, 2.45) is 11.7 Å². The van der Waals surface area contributed by atoms with Crippen LogP contribution in [0.1, 0.15) is 36.0 Å². The summed E-state index contributed by atoms with van der Waals surface area (Å²) >= 11 is 0. The van der Waals surface area contributed by atoms with Gasteiger partial charge in [0.05, 0.1) is 5.92 Å². The van der Waals surface area contributed by atoms with E-state index in [1.165, 1.54) is 11.1 Å². The molecule has 2 aromatic rings. The summed E-state index contributed by atoms with van der Waals surface area (Å²) in [5.41, 5.74) is 10.3. The summed E-state index contributed by atoms with van der Waals surface area (Å²) in [5.74, 6) is -0.0420. The highest BCUT2D eigenvalue weighted by Gasteiger charge is 2.26. The number of nitrogens with one attached hydrogen (secondary N) is 1. The van der Waals surface area contributed by atoms with Crippen molar-refractivity contribution >= 4 is 17.6 Å². The Morgan fingerprint density at radius 2 is 1.90 bits per heavy atom. The molecule has 0 atom stereocenters. The van der Waals surface area contributed by atoms with Gasteiger partial charge in [-0.15, -0.1) is 0 Å². The Balaban J connectivity index is 1.31. The summed E-state index contributed by atoms with van der Waals surface area (Å²) in [6.07, 6.45) is 7.17. The van der Waals surface area contributed by atoms with E-state index in [9.17, 15) is 4.79 Å². The highest BCUT2D eigenvalue weighted by atomic mass is 16.5. The number of hydrogen-bond acceptors (Lipinski definition) is 5. The lowest BCUT2D eigenvalue weighted by Gasteiger charge is -2.32. The van der Waals surface area contributed by atoms with Crippen LogP contribution in [0, 0.1) is 11.3 Å². The third-order valence-electron chi connectivity index (χ3n) is 6.08. The van der Waals surface area contributed by atoms with Gasteiger partial charge in [0.1, 0.15) is 6.61 Å². The number of anilines is 1. The second-order valence-electron chi connectivity index (χ2n) is 8.09. The Morgan fingerprint density at radius 1 is 1.13 bits per heavy atom. The van der Waals surface area contributed by atoms with Gasteiger partial charge in [0.25, 0.3) is 0 Å². The molecule has 4 rings (SSSR count). The molecule has 3 heterocycles. The van der Waals surface area contributed by atoms with Gasteiger partial charge < -0.3 is 20.3 Å². The first-order chi connectivity index (χ1) is 14.6. The van der Waals surface area contributed by atoms with Gasteiger partial charge in [-0.05, 0) is 54.5 Å². The van der Waals surface area contributed by atoms with E-state index in [0.717, 1.165) is 56.6 Å². The van der Waals surface area contributed by atoms with Crippen molar-refractivity contribution in [3.05, 3.63) is 59.4 Å². The molecule has 0 aliphatic carbocycles. The number of carbonyl (C=O) groups excluding carboxylic acids is 1. The number of ether oxygens (including phenoxy) is 1. The van der Waals surface area contributed by atoms with E-state index >= 15 is 0 Å². The molecule has 7 heteroatoms. The maximum Gasteiger partial charge on any atom is 0.309 e. The average Bonchev–Trinajstić information content (AvgIpc) is 3.00. The van der Waals surface area contributed by atoms with Crippen molar-refractivity contribution in [1.29, 1.82) is 5.41 Å². The third kappa shape index (κ3) is 4.72. The number of pyridine rings is 1. The van der Waals surface area contributed by atoms with Crippen LogP contribution in [0.2, 0.25) is 0 Å². The Kier molecular flexibility index (Phi) is 6.16. The predicted octanol–water partition coefficient (Wildman–Crippen LogP) is 2.68. The molecular formula is C23H29N5O2. The molecule has 1 fully saturated rings. The van der Waals surface area contributed by atoms with E-state index in [0.29, 0.717) is 6.54 Å². The van der Waals surface area contributed by atoms with Crippen molar-refractivity contribution in [3.8, 4) is 0 Å². The molecule has 7 nitrogen and oxygen atoms in total. The maximum absolute atomic E-state index is 12.6. The fourth-order valence-corrected chi connectivity index (χ4v) is 4.31. The SMILES string of the molecule is N=C(N)N1CCCc2ccc(COC(=O)C3CCN(c4ccncc4)CC3)cc2C1. The summed E-state index contributed by atoms with van der Waals surface area (Å²) in [6.45, 7) is 3.43. The van der Waals surface area contributed by atoms with Gasteiger partial charge in [0, 0.05) is 44.3 Å². The zero-order valence-corrected chi connectivity index (χ0v) is 17.2. The van der Waals surface area contributed by atoms with E-state index in [4.69, 9.17) is 15.9 Å². The number of esters is 1. The van der Waals surface area contributed by atoms with E-state index in [1.807, 2.05) is 23.1 Å². The van der Waals surface area contributed by atoms with E-state index in [2.05, 4.69) is 22.0 Å². The van der Waals surface area contributed by atoms with Gasteiger partial charge in [-0.25, -0.2) is 0 Å². The minimum absolute atomic E-state index is 0.0443. The standard InChI is InChI=1S/C23H29N5O2/c24-23(25)28-11-1-2-18-4-3-17(14-20(18)15-28)16-30-22(29)19-7-12-27(13-8-19)21-5-9-26-10-6-21/h3-6,9-10,14,19H,1-2,7-8,11-13,15-16H2,(H3,24,25). The van der Waals surface area contributed by atoms with Crippen LogP contribution < -0.4 is 10.6 Å². The fraction of sp³-hybridized carbons (Fsp3) is 0.435. The molecule has 0 spiro atoms. The van der Waals surface area contributed by atoms with Crippen LogP contribution in [0.15, 0.2) is 42.7 Å². The van der Waals surface area contributed by atoms with Crippen LogP contribution in [-0.4, -0.2) is 41.4 Å². The number of rotatable bonds is 4. The highest BCUT2D eigenvalue weighted by molar-refractivity contribution is 5.74. The van der Waals surface area contributed by atoms with Crippen LogP contribution in [-0.2, 0) is 29.1 Å². The molecule has 0 unspecified atom stereocenters. The smallest absolute Gasteiger partial charge is 0.309 e. The monoisotopic (exact) mass is 407 g/mol. The second-order valence-corrected chi connectivity index (χ2v) is 8.09. The van der Waals surface area contributed by atoms with E-state index < -0.39 is 0 Å². The number of hydrogen-bond donors (Lipinski definition) is 2. The molecule has 1 aromatic heterocycles. The molecule has 0 saturated carbocycles. The number of carbonyl (C=O) groups is 1. The van der Waals surface area contributed by atoms with Gasteiger partial charge in [-0.2, -0.15) is 0 Å². The number of guanidine groups is 1. The van der Waals surface area contributed by atoms with Crippen LogP contribution in [0.4, 0.5) is 5.69 Å². The van der Waals surface area contributed by atoms with Crippen LogP contribution >= 0.6 is 0 Å². The topological polar surface area (TPSA) is 95.5 Å². The van der Waals surface area contributed by atoms with Gasteiger partial charge in [0.2, 0.25) is 0 Å². The highest BCUT2D eigenvalue weighted by Crippen LogP contribution is 2.25. The Labute approximate surface area is 177 Å². The molecule has 1 aromatic carbocycles. The molecule has 2 aliphatic rings. The maximum atomic E-state index is 12.6. The summed E-state index contributed by atoms with van der Waals surface area (Å²) in [7, 11) is 0. The molecule has 1 saturated heterocycles. The lowest BCUT2D eigenvalue weighted by molar-refractivity contribution is -0.150. The van der Waals surface area contributed by atoms with Gasteiger partial charge >= 0.3 is 5.97 Å². The first-order valence-corrected chi connectivity index (χ1v) is 10.6. The zero-order chi connectivity index (χ0) is 20.9. The van der Waals surface area contributed by atoms with E-state index in [1.54, 1.807) is 12.4 Å². The third-order valence-corrected chi connectivity index (χ3v) is 6.08. The molecule has 2 aliphatic heterocycles. The summed E-state index contributed by atoms with van der Waals surface area (Å²) in [5, 5.41) is 7.73. The number of fused-ring (bicyclic) bond motifs is 1. The first kappa shape index (κ1) is 20.2. The second kappa shape index (κ2) is 9.15. The van der Waals surface area contributed by atoms with Crippen molar-refractivity contribution in [2.45, 2.75) is 38.8 Å². The van der Waals surface area contributed by atoms with E-state index in [-0.39, 0.29) is 24.5 Å². The van der Waals surface area contributed by atoms with Crippen LogP contribution in [0.5, 0.6) is 0 Å².